The Kier molecular flexibility index (Phi) is 3.66. The number of hydrogen-bond donors (Lipinski definition) is 2. The lowest BCUT2D eigenvalue weighted by atomic mass is 9.99. The van der Waals surface area contributed by atoms with Crippen molar-refractivity contribution in [1.29, 1.82) is 0 Å². The average Bonchev–Trinajstić information content (AvgIpc) is 2.70. The molecule has 1 aliphatic rings. The second-order valence-electron chi connectivity index (χ2n) is 4.86. The Bertz CT molecular complexity index is 533. The minimum absolute atomic E-state index is 0.0760. The van der Waals surface area contributed by atoms with Crippen molar-refractivity contribution in [3.8, 4) is 0 Å². The third kappa shape index (κ3) is 2.66. The third-order valence-corrected chi connectivity index (χ3v) is 3.83. The Labute approximate surface area is 116 Å². The second kappa shape index (κ2) is 5.09. The standard InChI is InChI=1S/C13H15ClN2O3/c1-7-5-16(6-10(7)13(18)19)8-2-3-9(12(15)17)11(14)4-8/h2-4,7,10H,5-6H2,1H3,(H2,15,17)(H,18,19)/t7-,10-/m1/s1. The Morgan fingerprint density at radius 1 is 1.42 bits per heavy atom. The molecule has 19 heavy (non-hydrogen) atoms. The SMILES string of the molecule is C[C@@H]1CN(c2ccc(C(N)=O)c(Cl)c2)C[C@H]1C(=O)O. The van der Waals surface area contributed by atoms with Crippen LogP contribution in [0.2, 0.25) is 5.02 Å². The second-order valence-corrected chi connectivity index (χ2v) is 5.26. The largest absolute Gasteiger partial charge is 0.481 e. The van der Waals surface area contributed by atoms with E-state index in [2.05, 4.69) is 0 Å². The van der Waals surface area contributed by atoms with Crippen LogP contribution in [0.5, 0.6) is 0 Å². The maximum atomic E-state index is 11.1. The number of carbonyl (C=O) groups is 2. The summed E-state index contributed by atoms with van der Waals surface area (Å²) >= 11 is 5.99. The number of nitrogens with two attached hydrogens (primary N) is 1. The first-order valence-corrected chi connectivity index (χ1v) is 6.35. The minimum atomic E-state index is -0.783. The molecule has 0 aliphatic carbocycles. The Morgan fingerprint density at radius 3 is 2.58 bits per heavy atom. The Hall–Kier alpha value is -1.75. The molecule has 2 rings (SSSR count). The zero-order valence-electron chi connectivity index (χ0n) is 10.5. The van der Waals surface area contributed by atoms with E-state index in [-0.39, 0.29) is 22.4 Å². The summed E-state index contributed by atoms with van der Waals surface area (Å²) in [6, 6.07) is 4.96. The monoisotopic (exact) mass is 282 g/mol. The first-order valence-electron chi connectivity index (χ1n) is 5.97. The number of hydrogen-bond acceptors (Lipinski definition) is 3. The number of primary amides is 1. The van der Waals surface area contributed by atoms with Gasteiger partial charge >= 0.3 is 5.97 Å². The number of carbonyl (C=O) groups excluding carboxylic acids is 1. The number of carboxylic acid groups (broad SMARTS) is 1. The van der Waals surface area contributed by atoms with E-state index in [0.717, 1.165) is 5.69 Å². The van der Waals surface area contributed by atoms with Gasteiger partial charge in [-0.05, 0) is 24.1 Å². The molecule has 0 unspecified atom stereocenters. The van der Waals surface area contributed by atoms with E-state index in [1.54, 1.807) is 18.2 Å². The highest BCUT2D eigenvalue weighted by molar-refractivity contribution is 6.34. The van der Waals surface area contributed by atoms with Crippen LogP contribution in [-0.2, 0) is 4.79 Å². The van der Waals surface area contributed by atoms with E-state index in [1.165, 1.54) is 0 Å². The topological polar surface area (TPSA) is 83.6 Å². The molecule has 1 aliphatic heterocycles. The molecule has 0 saturated carbocycles. The number of nitrogens with zero attached hydrogens (tertiary/aromatic N) is 1. The first kappa shape index (κ1) is 13.7. The van der Waals surface area contributed by atoms with Crippen LogP contribution in [-0.4, -0.2) is 30.1 Å². The fourth-order valence-electron chi connectivity index (χ4n) is 2.40. The van der Waals surface area contributed by atoms with Crippen molar-refractivity contribution in [2.45, 2.75) is 6.92 Å². The van der Waals surface area contributed by atoms with Crippen LogP contribution in [0.1, 0.15) is 17.3 Å². The lowest BCUT2D eigenvalue weighted by Gasteiger charge is -2.19. The molecule has 1 aromatic carbocycles. The molecule has 1 heterocycles. The summed E-state index contributed by atoms with van der Waals surface area (Å²) in [5.74, 6) is -1.66. The summed E-state index contributed by atoms with van der Waals surface area (Å²) in [5.41, 5.74) is 6.27. The van der Waals surface area contributed by atoms with E-state index in [9.17, 15) is 9.59 Å². The predicted molar refractivity (Wildman–Crippen MR) is 72.5 cm³/mol. The third-order valence-electron chi connectivity index (χ3n) is 3.51. The molecule has 1 fully saturated rings. The highest BCUT2D eigenvalue weighted by Crippen LogP contribution is 2.30. The minimum Gasteiger partial charge on any atom is -0.481 e. The molecule has 0 spiro atoms. The van der Waals surface area contributed by atoms with Gasteiger partial charge in [-0.1, -0.05) is 18.5 Å². The number of carboxylic acids is 1. The van der Waals surface area contributed by atoms with E-state index in [1.807, 2.05) is 11.8 Å². The summed E-state index contributed by atoms with van der Waals surface area (Å²) in [5, 5.41) is 9.39. The van der Waals surface area contributed by atoms with Crippen molar-refractivity contribution >= 4 is 29.2 Å². The van der Waals surface area contributed by atoms with E-state index in [4.69, 9.17) is 22.4 Å². The van der Waals surface area contributed by atoms with Crippen LogP contribution in [0, 0.1) is 11.8 Å². The summed E-state index contributed by atoms with van der Waals surface area (Å²) in [6.45, 7) is 3.02. The lowest BCUT2D eigenvalue weighted by Crippen LogP contribution is -2.23. The molecule has 1 amide bonds. The fourth-order valence-corrected chi connectivity index (χ4v) is 2.67. The molecule has 0 radical (unpaired) electrons. The molecular weight excluding hydrogens is 268 g/mol. The number of benzene rings is 1. The summed E-state index contributed by atoms with van der Waals surface area (Å²) in [7, 11) is 0. The number of amides is 1. The van der Waals surface area contributed by atoms with E-state index >= 15 is 0 Å². The first-order chi connectivity index (χ1) is 8.90. The van der Waals surface area contributed by atoms with Gasteiger partial charge in [0.15, 0.2) is 0 Å². The van der Waals surface area contributed by atoms with Gasteiger partial charge in [-0.3, -0.25) is 9.59 Å². The van der Waals surface area contributed by atoms with Gasteiger partial charge < -0.3 is 15.7 Å². The van der Waals surface area contributed by atoms with Crippen molar-refractivity contribution < 1.29 is 14.7 Å². The fraction of sp³-hybridized carbons (Fsp3) is 0.385. The maximum Gasteiger partial charge on any atom is 0.308 e. The molecule has 1 aromatic rings. The molecule has 0 aromatic heterocycles. The lowest BCUT2D eigenvalue weighted by molar-refractivity contribution is -0.142. The zero-order chi connectivity index (χ0) is 14.2. The number of rotatable bonds is 3. The van der Waals surface area contributed by atoms with Gasteiger partial charge in [0.25, 0.3) is 0 Å². The van der Waals surface area contributed by atoms with Crippen LogP contribution < -0.4 is 10.6 Å². The molecule has 5 nitrogen and oxygen atoms in total. The van der Waals surface area contributed by atoms with Gasteiger partial charge in [0.2, 0.25) is 5.91 Å². The molecule has 6 heteroatoms. The number of anilines is 1. The van der Waals surface area contributed by atoms with Crippen LogP contribution in [0.25, 0.3) is 0 Å². The van der Waals surface area contributed by atoms with Crippen molar-refractivity contribution in [3.63, 3.8) is 0 Å². The van der Waals surface area contributed by atoms with E-state index in [0.29, 0.717) is 13.1 Å². The van der Waals surface area contributed by atoms with Gasteiger partial charge in [-0.15, -0.1) is 0 Å². The van der Waals surface area contributed by atoms with Gasteiger partial charge in [0, 0.05) is 18.8 Å². The molecule has 1 saturated heterocycles. The molecule has 102 valence electrons. The zero-order valence-corrected chi connectivity index (χ0v) is 11.2. The van der Waals surface area contributed by atoms with Crippen molar-refractivity contribution in [1.82, 2.24) is 0 Å². The number of halogens is 1. The van der Waals surface area contributed by atoms with Crippen LogP contribution >= 0.6 is 11.6 Å². The highest BCUT2D eigenvalue weighted by Gasteiger charge is 2.34. The summed E-state index contributed by atoms with van der Waals surface area (Å²) < 4.78 is 0. The Morgan fingerprint density at radius 2 is 2.11 bits per heavy atom. The van der Waals surface area contributed by atoms with Crippen molar-refractivity contribution in [3.05, 3.63) is 28.8 Å². The van der Waals surface area contributed by atoms with Gasteiger partial charge in [-0.25, -0.2) is 0 Å². The van der Waals surface area contributed by atoms with Crippen LogP contribution in [0.15, 0.2) is 18.2 Å². The quantitative estimate of drug-likeness (QED) is 0.882. The molecule has 2 atom stereocenters. The predicted octanol–water partition coefficient (Wildman–Crippen LogP) is 1.60. The summed E-state index contributed by atoms with van der Waals surface area (Å²) in [4.78, 5) is 24.1. The van der Waals surface area contributed by atoms with Gasteiger partial charge in [-0.2, -0.15) is 0 Å². The molecule has 3 N–H and O–H groups in total. The average molecular weight is 283 g/mol. The van der Waals surface area contributed by atoms with E-state index < -0.39 is 11.9 Å². The highest BCUT2D eigenvalue weighted by atomic mass is 35.5. The molecular formula is C13H15ClN2O3. The van der Waals surface area contributed by atoms with Gasteiger partial charge in [0.1, 0.15) is 0 Å². The molecule has 0 bridgehead atoms. The summed E-state index contributed by atoms with van der Waals surface area (Å²) in [6.07, 6.45) is 0. The van der Waals surface area contributed by atoms with Gasteiger partial charge in [0.05, 0.1) is 16.5 Å². The normalized spacial score (nSPS) is 22.5. The Balaban J connectivity index is 2.22. The number of aliphatic carboxylic acids is 1. The van der Waals surface area contributed by atoms with Crippen LogP contribution in [0.3, 0.4) is 0 Å². The maximum absolute atomic E-state index is 11.1. The van der Waals surface area contributed by atoms with Crippen molar-refractivity contribution in [2.24, 2.45) is 17.6 Å². The smallest absolute Gasteiger partial charge is 0.308 e. The van der Waals surface area contributed by atoms with Crippen molar-refractivity contribution in [2.75, 3.05) is 18.0 Å². The van der Waals surface area contributed by atoms with Crippen LogP contribution in [0.4, 0.5) is 5.69 Å².